The van der Waals surface area contributed by atoms with E-state index in [1.165, 1.54) is 0 Å². The first-order valence-electron chi connectivity index (χ1n) is 7.96. The molecule has 0 saturated heterocycles. The summed E-state index contributed by atoms with van der Waals surface area (Å²) in [6, 6.07) is 10.7. The van der Waals surface area contributed by atoms with Gasteiger partial charge in [-0.15, -0.1) is 10.2 Å². The molecule has 0 radical (unpaired) electrons. The van der Waals surface area contributed by atoms with E-state index in [4.69, 9.17) is 4.74 Å². The largest absolute Gasteiger partial charge is 0.478 e. The number of pyridine rings is 1. The van der Waals surface area contributed by atoms with Crippen molar-refractivity contribution < 1.29 is 9.53 Å². The first-order chi connectivity index (χ1) is 12.3. The van der Waals surface area contributed by atoms with Gasteiger partial charge in [0.25, 0.3) is 5.91 Å². The Balaban J connectivity index is 1.55. The fraction of sp³-hybridized carbons (Fsp3) is 0.235. The molecule has 25 heavy (non-hydrogen) atoms. The smallest absolute Gasteiger partial charge is 0.251 e. The average Bonchev–Trinajstić information content (AvgIpc) is 3.20. The third kappa shape index (κ3) is 4.37. The number of carbonyl (C=O) groups is 1. The van der Waals surface area contributed by atoms with Crippen LogP contribution in [0.15, 0.2) is 42.6 Å². The van der Waals surface area contributed by atoms with E-state index >= 15 is 0 Å². The molecule has 0 spiro atoms. The number of benzene rings is 1. The normalized spacial score (nSPS) is 10.4. The van der Waals surface area contributed by atoms with Crippen molar-refractivity contribution in [2.24, 2.45) is 0 Å². The molecule has 0 fully saturated rings. The minimum Gasteiger partial charge on any atom is -0.478 e. The number of tetrazole rings is 1. The Morgan fingerprint density at radius 2 is 2.04 bits per heavy atom. The van der Waals surface area contributed by atoms with E-state index in [9.17, 15) is 4.79 Å². The maximum Gasteiger partial charge on any atom is 0.251 e. The molecule has 0 unspecified atom stereocenters. The highest BCUT2D eigenvalue weighted by Crippen LogP contribution is 2.14. The minimum absolute atomic E-state index is 0.161. The van der Waals surface area contributed by atoms with Crippen LogP contribution in [0.2, 0.25) is 0 Å². The van der Waals surface area contributed by atoms with Gasteiger partial charge in [-0.3, -0.25) is 4.79 Å². The van der Waals surface area contributed by atoms with Gasteiger partial charge in [0.2, 0.25) is 11.7 Å². The lowest BCUT2D eigenvalue weighted by Gasteiger charge is -2.07. The summed E-state index contributed by atoms with van der Waals surface area (Å²) in [6.45, 7) is 3.08. The van der Waals surface area contributed by atoms with Crippen LogP contribution in [-0.4, -0.2) is 38.1 Å². The van der Waals surface area contributed by atoms with Gasteiger partial charge in [0.1, 0.15) is 0 Å². The summed E-state index contributed by atoms with van der Waals surface area (Å²) in [6.07, 6.45) is 2.63. The molecule has 2 N–H and O–H groups in total. The summed E-state index contributed by atoms with van der Waals surface area (Å²) < 4.78 is 5.43. The molecule has 8 heteroatoms. The summed E-state index contributed by atoms with van der Waals surface area (Å²) in [5.41, 5.74) is 2.25. The Bertz CT molecular complexity index is 800. The number of amides is 1. The second-order valence-electron chi connectivity index (χ2n) is 5.35. The van der Waals surface area contributed by atoms with Crippen molar-refractivity contribution >= 4 is 5.91 Å². The van der Waals surface area contributed by atoms with Crippen molar-refractivity contribution in [2.45, 2.75) is 19.9 Å². The van der Waals surface area contributed by atoms with Crippen LogP contribution < -0.4 is 10.1 Å². The number of nitrogens with zero attached hydrogens (tertiary/aromatic N) is 4. The van der Waals surface area contributed by atoms with Crippen LogP contribution in [0.25, 0.3) is 11.4 Å². The third-order valence-electron chi connectivity index (χ3n) is 3.46. The van der Waals surface area contributed by atoms with Gasteiger partial charge >= 0.3 is 0 Å². The maximum absolute atomic E-state index is 12.2. The number of aromatic amines is 1. The van der Waals surface area contributed by atoms with Crippen molar-refractivity contribution in [3.8, 4) is 17.3 Å². The Hall–Kier alpha value is -3.29. The van der Waals surface area contributed by atoms with Crippen molar-refractivity contribution in [1.82, 2.24) is 30.9 Å². The number of H-pyrrole nitrogens is 1. The molecular weight excluding hydrogens is 320 g/mol. The molecule has 0 aliphatic carbocycles. The second-order valence-corrected chi connectivity index (χ2v) is 5.35. The lowest BCUT2D eigenvalue weighted by molar-refractivity contribution is 0.0951. The molecule has 0 aliphatic heterocycles. The van der Waals surface area contributed by atoms with Gasteiger partial charge in [0, 0.05) is 29.9 Å². The predicted octanol–water partition coefficient (Wildman–Crippen LogP) is 1.98. The van der Waals surface area contributed by atoms with Crippen molar-refractivity contribution in [3.05, 3.63) is 53.7 Å². The predicted molar refractivity (Wildman–Crippen MR) is 90.8 cm³/mol. The molecule has 8 nitrogen and oxygen atoms in total. The molecule has 0 bridgehead atoms. The molecular formula is C17H18N6O2. The zero-order valence-electron chi connectivity index (χ0n) is 13.8. The highest BCUT2D eigenvalue weighted by Gasteiger charge is 2.08. The summed E-state index contributed by atoms with van der Waals surface area (Å²) in [5, 5.41) is 16.6. The minimum atomic E-state index is -0.161. The number of ether oxygens (including phenoxy) is 1. The van der Waals surface area contributed by atoms with Crippen LogP contribution in [0, 0.1) is 0 Å². The lowest BCUT2D eigenvalue weighted by atomic mass is 10.1. The van der Waals surface area contributed by atoms with Gasteiger partial charge in [-0.05, 0) is 29.3 Å². The van der Waals surface area contributed by atoms with Gasteiger partial charge in [-0.1, -0.05) is 25.1 Å². The number of rotatable bonds is 7. The highest BCUT2D eigenvalue weighted by atomic mass is 16.5. The van der Waals surface area contributed by atoms with E-state index in [1.807, 2.05) is 13.0 Å². The maximum atomic E-state index is 12.2. The first kappa shape index (κ1) is 16.6. The lowest BCUT2D eigenvalue weighted by Crippen LogP contribution is -2.22. The number of hydrogen-bond acceptors (Lipinski definition) is 6. The number of nitrogens with one attached hydrogen (secondary N) is 2. The van der Waals surface area contributed by atoms with Gasteiger partial charge in [0.15, 0.2) is 0 Å². The monoisotopic (exact) mass is 338 g/mol. The molecule has 2 aromatic heterocycles. The standard InChI is InChI=1S/C17H18N6O2/c1-2-9-25-15-8-3-12(10-18-15)11-19-17(24)14-6-4-13(5-7-14)16-20-22-23-21-16/h3-8,10H,2,9,11H2,1H3,(H,19,24)(H,20,21,22,23). The number of hydrogen-bond donors (Lipinski definition) is 2. The highest BCUT2D eigenvalue weighted by molar-refractivity contribution is 5.94. The van der Waals surface area contributed by atoms with E-state index in [-0.39, 0.29) is 5.91 Å². The molecule has 3 aromatic rings. The Morgan fingerprint density at radius 1 is 1.20 bits per heavy atom. The molecule has 0 atom stereocenters. The van der Waals surface area contributed by atoms with Crippen LogP contribution >= 0.6 is 0 Å². The van der Waals surface area contributed by atoms with Gasteiger partial charge in [-0.25, -0.2) is 4.98 Å². The summed E-state index contributed by atoms with van der Waals surface area (Å²) in [4.78, 5) is 16.4. The van der Waals surface area contributed by atoms with Crippen LogP contribution in [0.3, 0.4) is 0 Å². The zero-order chi connectivity index (χ0) is 17.5. The fourth-order valence-corrected chi connectivity index (χ4v) is 2.15. The Morgan fingerprint density at radius 3 is 2.68 bits per heavy atom. The van der Waals surface area contributed by atoms with Crippen molar-refractivity contribution in [2.75, 3.05) is 6.61 Å². The topological polar surface area (TPSA) is 106 Å². The van der Waals surface area contributed by atoms with Gasteiger partial charge < -0.3 is 10.1 Å². The van der Waals surface area contributed by atoms with Crippen LogP contribution in [-0.2, 0) is 6.54 Å². The second kappa shape index (κ2) is 8.00. The fourth-order valence-electron chi connectivity index (χ4n) is 2.15. The van der Waals surface area contributed by atoms with Crippen molar-refractivity contribution in [3.63, 3.8) is 0 Å². The molecule has 3 rings (SSSR count). The zero-order valence-corrected chi connectivity index (χ0v) is 13.8. The summed E-state index contributed by atoms with van der Waals surface area (Å²) in [5.74, 6) is 0.920. The van der Waals surface area contributed by atoms with Crippen molar-refractivity contribution in [1.29, 1.82) is 0 Å². The summed E-state index contributed by atoms with van der Waals surface area (Å²) >= 11 is 0. The van der Waals surface area contributed by atoms with E-state index in [0.717, 1.165) is 17.5 Å². The molecule has 0 aliphatic rings. The van der Waals surface area contributed by atoms with Crippen LogP contribution in [0.5, 0.6) is 5.88 Å². The van der Waals surface area contributed by atoms with Gasteiger partial charge in [-0.2, -0.15) is 5.21 Å². The first-order valence-corrected chi connectivity index (χ1v) is 7.96. The van der Waals surface area contributed by atoms with Crippen LogP contribution in [0.1, 0.15) is 29.3 Å². The molecule has 2 heterocycles. The Kier molecular flexibility index (Phi) is 5.30. The van der Waals surface area contributed by atoms with E-state index in [2.05, 4.69) is 30.9 Å². The van der Waals surface area contributed by atoms with E-state index in [1.54, 1.807) is 36.5 Å². The average molecular weight is 338 g/mol. The van der Waals surface area contributed by atoms with Gasteiger partial charge in [0.05, 0.1) is 6.61 Å². The van der Waals surface area contributed by atoms with E-state index in [0.29, 0.717) is 30.4 Å². The SMILES string of the molecule is CCCOc1ccc(CNC(=O)c2ccc(-c3nn[nH]n3)cc2)cn1. The molecule has 1 amide bonds. The Labute approximate surface area is 144 Å². The molecule has 0 saturated carbocycles. The molecule has 1 aromatic carbocycles. The van der Waals surface area contributed by atoms with E-state index < -0.39 is 0 Å². The number of carbonyl (C=O) groups excluding carboxylic acids is 1. The summed E-state index contributed by atoms with van der Waals surface area (Å²) in [7, 11) is 0. The third-order valence-corrected chi connectivity index (χ3v) is 3.46. The quantitative estimate of drug-likeness (QED) is 0.682. The number of aromatic nitrogens is 5. The molecule has 128 valence electrons. The van der Waals surface area contributed by atoms with Crippen LogP contribution in [0.4, 0.5) is 0 Å².